The first-order chi connectivity index (χ1) is 11.4. The molecule has 1 saturated heterocycles. The molecule has 2 fully saturated rings. The number of guanidine groups is 1. The van der Waals surface area contributed by atoms with Crippen molar-refractivity contribution < 1.29 is 4.74 Å². The van der Waals surface area contributed by atoms with Gasteiger partial charge in [0.25, 0.3) is 0 Å². The number of piperidine rings is 1. The maximum atomic E-state index is 5.62. The Morgan fingerprint density at radius 1 is 1.16 bits per heavy atom. The van der Waals surface area contributed by atoms with Crippen LogP contribution in [0.1, 0.15) is 59.3 Å². The van der Waals surface area contributed by atoms with Gasteiger partial charge in [0.15, 0.2) is 5.96 Å². The minimum Gasteiger partial charge on any atom is -0.379 e. The molecule has 6 heteroatoms. The molecule has 1 atom stereocenters. The summed E-state index contributed by atoms with van der Waals surface area (Å²) >= 11 is 0. The number of hydrogen-bond donors (Lipinski definition) is 2. The Morgan fingerprint density at radius 3 is 2.24 bits per heavy atom. The van der Waals surface area contributed by atoms with Crippen LogP contribution in [0.2, 0.25) is 0 Å². The molecule has 1 aliphatic heterocycles. The molecule has 1 aliphatic carbocycles. The van der Waals surface area contributed by atoms with Crippen molar-refractivity contribution in [2.75, 3.05) is 33.8 Å². The zero-order chi connectivity index (χ0) is 17.6. The van der Waals surface area contributed by atoms with Gasteiger partial charge in [-0.25, -0.2) is 0 Å². The van der Waals surface area contributed by atoms with Crippen LogP contribution in [0.4, 0.5) is 0 Å². The average molecular weight is 466 g/mol. The molecule has 0 aromatic heterocycles. The molecular weight excluding hydrogens is 427 g/mol. The van der Waals surface area contributed by atoms with E-state index in [9.17, 15) is 0 Å². The van der Waals surface area contributed by atoms with Crippen molar-refractivity contribution in [3.8, 4) is 0 Å². The third kappa shape index (κ3) is 7.21. The van der Waals surface area contributed by atoms with Crippen LogP contribution in [-0.4, -0.2) is 62.8 Å². The molecule has 1 heterocycles. The number of methoxy groups -OCH3 is 1. The van der Waals surface area contributed by atoms with Crippen molar-refractivity contribution in [1.82, 2.24) is 15.5 Å². The molecule has 0 aromatic carbocycles. The van der Waals surface area contributed by atoms with Gasteiger partial charge >= 0.3 is 0 Å². The van der Waals surface area contributed by atoms with Crippen molar-refractivity contribution in [3.63, 3.8) is 0 Å². The van der Waals surface area contributed by atoms with Crippen LogP contribution in [-0.2, 0) is 4.74 Å². The van der Waals surface area contributed by atoms with Gasteiger partial charge in [0.1, 0.15) is 0 Å². The fourth-order valence-corrected chi connectivity index (χ4v) is 4.00. The molecule has 0 spiro atoms. The van der Waals surface area contributed by atoms with E-state index in [0.717, 1.165) is 18.5 Å². The topological polar surface area (TPSA) is 48.9 Å². The minimum absolute atomic E-state index is 0. The largest absolute Gasteiger partial charge is 0.379 e. The summed E-state index contributed by atoms with van der Waals surface area (Å²) in [6.07, 6.45) is 8.26. The van der Waals surface area contributed by atoms with E-state index in [0.29, 0.717) is 6.04 Å². The predicted octanol–water partition coefficient (Wildman–Crippen LogP) is 3.24. The fourth-order valence-electron chi connectivity index (χ4n) is 4.00. The molecule has 25 heavy (non-hydrogen) atoms. The highest BCUT2D eigenvalue weighted by atomic mass is 127. The summed E-state index contributed by atoms with van der Waals surface area (Å²) in [6, 6.07) is 1.39. The first kappa shape index (κ1) is 23.0. The Bertz CT molecular complexity index is 397. The Morgan fingerprint density at radius 2 is 1.76 bits per heavy atom. The number of aliphatic imine (C=N–C) groups is 1. The number of nitrogens with one attached hydrogen (secondary N) is 2. The molecule has 0 amide bonds. The van der Waals surface area contributed by atoms with Gasteiger partial charge in [0, 0.05) is 45.9 Å². The van der Waals surface area contributed by atoms with Gasteiger partial charge in [-0.3, -0.25) is 4.99 Å². The molecule has 0 bridgehead atoms. The molecule has 2 rings (SSSR count). The van der Waals surface area contributed by atoms with E-state index in [1.54, 1.807) is 7.11 Å². The highest BCUT2D eigenvalue weighted by Gasteiger charge is 2.28. The van der Waals surface area contributed by atoms with E-state index in [2.05, 4.69) is 41.3 Å². The van der Waals surface area contributed by atoms with Crippen LogP contribution in [0.5, 0.6) is 0 Å². The first-order valence-electron chi connectivity index (χ1n) is 9.68. The van der Waals surface area contributed by atoms with Crippen LogP contribution in [0.25, 0.3) is 0 Å². The third-order valence-corrected chi connectivity index (χ3v) is 5.64. The van der Waals surface area contributed by atoms with Gasteiger partial charge in [-0.2, -0.15) is 0 Å². The average Bonchev–Trinajstić information content (AvgIpc) is 3.08. The minimum atomic E-state index is 0. The fraction of sp³-hybridized carbons (Fsp3) is 0.947. The Balaban J connectivity index is 0.00000312. The summed E-state index contributed by atoms with van der Waals surface area (Å²) in [6.45, 7) is 9.85. The van der Waals surface area contributed by atoms with Crippen LogP contribution in [0.3, 0.4) is 0 Å². The van der Waals surface area contributed by atoms with E-state index in [-0.39, 0.29) is 35.5 Å². The summed E-state index contributed by atoms with van der Waals surface area (Å²) in [7, 11) is 3.63. The van der Waals surface area contributed by atoms with E-state index in [1.807, 2.05) is 7.05 Å². The van der Waals surface area contributed by atoms with Crippen molar-refractivity contribution in [3.05, 3.63) is 0 Å². The molecule has 1 saturated carbocycles. The van der Waals surface area contributed by atoms with Crippen molar-refractivity contribution in [2.45, 2.75) is 77.5 Å². The predicted molar refractivity (Wildman–Crippen MR) is 117 cm³/mol. The van der Waals surface area contributed by atoms with Gasteiger partial charge in [0.2, 0.25) is 0 Å². The smallest absolute Gasteiger partial charge is 0.191 e. The van der Waals surface area contributed by atoms with Crippen LogP contribution >= 0.6 is 24.0 Å². The highest BCUT2D eigenvalue weighted by Crippen LogP contribution is 2.26. The summed E-state index contributed by atoms with van der Waals surface area (Å²) in [5.41, 5.74) is 0.118. The zero-order valence-electron chi connectivity index (χ0n) is 16.8. The molecule has 0 radical (unpaired) electrons. The molecule has 0 aromatic rings. The summed E-state index contributed by atoms with van der Waals surface area (Å²) < 4.78 is 5.62. The SMILES string of the molecule is CN=C(NCC(OC)C(C)(C)C)NC1CCN(C2CCCC2)CC1.I. The van der Waals surface area contributed by atoms with Gasteiger partial charge < -0.3 is 20.3 Å². The standard InChI is InChI=1S/C19H38N4O.HI/c1-19(2,3)17(24-5)14-21-18(20-4)22-15-10-12-23(13-11-15)16-8-6-7-9-16;/h15-17H,6-14H2,1-5H3,(H2,20,21,22);1H. The molecule has 5 nitrogen and oxygen atoms in total. The first-order valence-corrected chi connectivity index (χ1v) is 9.68. The van der Waals surface area contributed by atoms with E-state index in [4.69, 9.17) is 4.74 Å². The second-order valence-corrected chi connectivity index (χ2v) is 8.44. The lowest BCUT2D eigenvalue weighted by Gasteiger charge is -2.37. The molecule has 1 unspecified atom stereocenters. The second kappa shape index (κ2) is 10.9. The van der Waals surface area contributed by atoms with Crippen LogP contribution in [0.15, 0.2) is 4.99 Å². The van der Waals surface area contributed by atoms with Gasteiger partial charge in [-0.15, -0.1) is 24.0 Å². The van der Waals surface area contributed by atoms with Crippen LogP contribution in [0, 0.1) is 5.41 Å². The lowest BCUT2D eigenvalue weighted by Crippen LogP contribution is -2.52. The van der Waals surface area contributed by atoms with Crippen molar-refractivity contribution in [2.24, 2.45) is 10.4 Å². The summed E-state index contributed by atoms with van der Waals surface area (Å²) in [5, 5.41) is 7.05. The quantitative estimate of drug-likeness (QED) is 0.371. The Hall–Kier alpha value is -0.0800. The highest BCUT2D eigenvalue weighted by molar-refractivity contribution is 14.0. The number of ether oxygens (including phenoxy) is 1. The van der Waals surface area contributed by atoms with Gasteiger partial charge in [-0.1, -0.05) is 33.6 Å². The maximum absolute atomic E-state index is 5.62. The third-order valence-electron chi connectivity index (χ3n) is 5.64. The summed E-state index contributed by atoms with van der Waals surface area (Å²) in [5.74, 6) is 0.903. The van der Waals surface area contributed by atoms with E-state index >= 15 is 0 Å². The normalized spacial score (nSPS) is 22.5. The molecule has 148 valence electrons. The maximum Gasteiger partial charge on any atom is 0.191 e. The van der Waals surface area contributed by atoms with Gasteiger partial charge in [-0.05, 0) is 31.1 Å². The number of hydrogen-bond acceptors (Lipinski definition) is 3. The number of likely N-dealkylation sites (tertiary alicyclic amines) is 1. The summed E-state index contributed by atoms with van der Waals surface area (Å²) in [4.78, 5) is 7.10. The van der Waals surface area contributed by atoms with Gasteiger partial charge in [0.05, 0.1) is 6.10 Å². The van der Waals surface area contributed by atoms with Crippen LogP contribution < -0.4 is 10.6 Å². The number of halogens is 1. The lowest BCUT2D eigenvalue weighted by molar-refractivity contribution is 0.0204. The second-order valence-electron chi connectivity index (χ2n) is 8.44. The lowest BCUT2D eigenvalue weighted by atomic mass is 9.89. The molecule has 2 N–H and O–H groups in total. The monoisotopic (exact) mass is 466 g/mol. The number of nitrogens with zero attached hydrogens (tertiary/aromatic N) is 2. The Kier molecular flexibility index (Phi) is 10.0. The zero-order valence-corrected chi connectivity index (χ0v) is 19.1. The van der Waals surface area contributed by atoms with E-state index < -0.39 is 0 Å². The number of rotatable bonds is 5. The van der Waals surface area contributed by atoms with E-state index in [1.165, 1.54) is 51.6 Å². The van der Waals surface area contributed by atoms with Crippen molar-refractivity contribution in [1.29, 1.82) is 0 Å². The van der Waals surface area contributed by atoms with Crippen molar-refractivity contribution >= 4 is 29.9 Å². The molecular formula is C19H39IN4O. The Labute approximate surface area is 171 Å². The molecule has 2 aliphatic rings.